The topological polar surface area (TPSA) is 44.8 Å². The van der Waals surface area contributed by atoms with Crippen molar-refractivity contribution in [1.29, 1.82) is 0 Å². The van der Waals surface area contributed by atoms with Crippen molar-refractivity contribution in [2.45, 2.75) is 19.8 Å². The number of rotatable bonds is 5. The SMILES string of the molecule is CCc1cc(OC)c(OC)cc1CC(=O)OC. The highest BCUT2D eigenvalue weighted by Gasteiger charge is 2.13. The maximum absolute atomic E-state index is 11.3. The van der Waals surface area contributed by atoms with Gasteiger partial charge < -0.3 is 14.2 Å². The molecule has 0 fully saturated rings. The van der Waals surface area contributed by atoms with Crippen molar-refractivity contribution in [2.24, 2.45) is 0 Å². The van der Waals surface area contributed by atoms with E-state index in [4.69, 9.17) is 9.47 Å². The molecular weight excluding hydrogens is 220 g/mol. The van der Waals surface area contributed by atoms with Crippen molar-refractivity contribution in [3.05, 3.63) is 23.3 Å². The summed E-state index contributed by atoms with van der Waals surface area (Å²) >= 11 is 0. The first kappa shape index (κ1) is 13.4. The lowest BCUT2D eigenvalue weighted by atomic mass is 10.0. The molecule has 1 aromatic rings. The number of ether oxygens (including phenoxy) is 3. The Kier molecular flexibility index (Phi) is 4.82. The molecular formula is C13H18O4. The number of hydrogen-bond acceptors (Lipinski definition) is 4. The van der Waals surface area contributed by atoms with Gasteiger partial charge in [0.15, 0.2) is 11.5 Å². The van der Waals surface area contributed by atoms with E-state index >= 15 is 0 Å². The zero-order chi connectivity index (χ0) is 12.8. The van der Waals surface area contributed by atoms with Crippen LogP contribution in [0.15, 0.2) is 12.1 Å². The smallest absolute Gasteiger partial charge is 0.309 e. The van der Waals surface area contributed by atoms with Crippen molar-refractivity contribution in [3.8, 4) is 11.5 Å². The van der Waals surface area contributed by atoms with E-state index in [1.807, 2.05) is 19.1 Å². The van der Waals surface area contributed by atoms with E-state index in [0.29, 0.717) is 11.5 Å². The second-order valence-corrected chi connectivity index (χ2v) is 3.58. The van der Waals surface area contributed by atoms with E-state index in [-0.39, 0.29) is 12.4 Å². The summed E-state index contributed by atoms with van der Waals surface area (Å²) < 4.78 is 15.1. The summed E-state index contributed by atoms with van der Waals surface area (Å²) in [7, 11) is 4.55. The van der Waals surface area contributed by atoms with Crippen LogP contribution in [-0.2, 0) is 22.4 Å². The molecule has 0 atom stereocenters. The predicted octanol–water partition coefficient (Wildman–Crippen LogP) is 1.98. The summed E-state index contributed by atoms with van der Waals surface area (Å²) in [6, 6.07) is 3.73. The van der Waals surface area contributed by atoms with Crippen molar-refractivity contribution in [1.82, 2.24) is 0 Å². The van der Waals surface area contributed by atoms with Gasteiger partial charge in [0.25, 0.3) is 0 Å². The third kappa shape index (κ3) is 3.12. The van der Waals surface area contributed by atoms with Crippen LogP contribution in [0.2, 0.25) is 0 Å². The van der Waals surface area contributed by atoms with Crippen LogP contribution >= 0.6 is 0 Å². The third-order valence-electron chi connectivity index (χ3n) is 2.65. The number of carbonyl (C=O) groups is 1. The molecule has 0 spiro atoms. The fraction of sp³-hybridized carbons (Fsp3) is 0.462. The van der Waals surface area contributed by atoms with Gasteiger partial charge in [-0.05, 0) is 29.7 Å². The lowest BCUT2D eigenvalue weighted by Gasteiger charge is -2.13. The Morgan fingerprint density at radius 2 is 1.59 bits per heavy atom. The van der Waals surface area contributed by atoms with Gasteiger partial charge in [0.1, 0.15) is 0 Å². The molecule has 1 rings (SSSR count). The molecule has 0 saturated carbocycles. The lowest BCUT2D eigenvalue weighted by molar-refractivity contribution is -0.139. The molecule has 0 aliphatic rings. The Morgan fingerprint density at radius 1 is 1.06 bits per heavy atom. The lowest BCUT2D eigenvalue weighted by Crippen LogP contribution is -2.07. The van der Waals surface area contributed by atoms with Crippen LogP contribution in [0.25, 0.3) is 0 Å². The van der Waals surface area contributed by atoms with Crippen LogP contribution in [0.1, 0.15) is 18.1 Å². The summed E-state index contributed by atoms with van der Waals surface area (Å²) in [5.41, 5.74) is 1.98. The number of esters is 1. The van der Waals surface area contributed by atoms with Gasteiger partial charge in [-0.1, -0.05) is 6.92 Å². The molecule has 0 aliphatic heterocycles. The zero-order valence-electron chi connectivity index (χ0n) is 10.7. The predicted molar refractivity (Wildman–Crippen MR) is 64.6 cm³/mol. The van der Waals surface area contributed by atoms with Crippen molar-refractivity contribution >= 4 is 5.97 Å². The van der Waals surface area contributed by atoms with Gasteiger partial charge >= 0.3 is 5.97 Å². The summed E-state index contributed by atoms with van der Waals surface area (Å²) in [6.07, 6.45) is 1.08. The zero-order valence-corrected chi connectivity index (χ0v) is 10.7. The maximum Gasteiger partial charge on any atom is 0.309 e. The Hall–Kier alpha value is -1.71. The second kappa shape index (κ2) is 6.13. The van der Waals surface area contributed by atoms with Gasteiger partial charge in [0.2, 0.25) is 0 Å². The van der Waals surface area contributed by atoms with Crippen LogP contribution < -0.4 is 9.47 Å². The molecule has 0 amide bonds. The molecule has 0 aromatic heterocycles. The van der Waals surface area contributed by atoms with E-state index in [0.717, 1.165) is 17.5 Å². The maximum atomic E-state index is 11.3. The quantitative estimate of drug-likeness (QED) is 0.736. The number of carbonyl (C=O) groups excluding carboxylic acids is 1. The number of benzene rings is 1. The molecule has 0 unspecified atom stereocenters. The summed E-state index contributed by atoms with van der Waals surface area (Å²) in [6.45, 7) is 2.03. The van der Waals surface area contributed by atoms with Crippen LogP contribution in [0.3, 0.4) is 0 Å². The van der Waals surface area contributed by atoms with E-state index < -0.39 is 0 Å². The normalized spacial score (nSPS) is 9.88. The molecule has 0 N–H and O–H groups in total. The summed E-state index contributed by atoms with van der Waals surface area (Å²) in [5.74, 6) is 1.05. The monoisotopic (exact) mass is 238 g/mol. The van der Waals surface area contributed by atoms with Crippen molar-refractivity contribution in [3.63, 3.8) is 0 Å². The Balaban J connectivity index is 3.14. The number of aryl methyl sites for hydroxylation is 1. The second-order valence-electron chi connectivity index (χ2n) is 3.58. The van der Waals surface area contributed by atoms with Crippen LogP contribution in [0, 0.1) is 0 Å². The summed E-state index contributed by atoms with van der Waals surface area (Å²) in [5, 5.41) is 0. The average Bonchev–Trinajstić information content (AvgIpc) is 2.37. The largest absolute Gasteiger partial charge is 0.493 e. The van der Waals surface area contributed by atoms with E-state index in [1.165, 1.54) is 7.11 Å². The first-order chi connectivity index (χ1) is 8.15. The number of methoxy groups -OCH3 is 3. The highest BCUT2D eigenvalue weighted by Crippen LogP contribution is 2.31. The fourth-order valence-corrected chi connectivity index (χ4v) is 1.68. The van der Waals surface area contributed by atoms with Crippen molar-refractivity contribution < 1.29 is 19.0 Å². The third-order valence-corrected chi connectivity index (χ3v) is 2.65. The molecule has 0 heterocycles. The first-order valence-corrected chi connectivity index (χ1v) is 5.46. The molecule has 0 aliphatic carbocycles. The minimum Gasteiger partial charge on any atom is -0.493 e. The van der Waals surface area contributed by atoms with Crippen LogP contribution in [-0.4, -0.2) is 27.3 Å². The van der Waals surface area contributed by atoms with Crippen LogP contribution in [0.5, 0.6) is 11.5 Å². The molecule has 0 bridgehead atoms. The van der Waals surface area contributed by atoms with Gasteiger partial charge in [0.05, 0.1) is 27.8 Å². The van der Waals surface area contributed by atoms with E-state index in [9.17, 15) is 4.79 Å². The Labute approximate surface area is 101 Å². The van der Waals surface area contributed by atoms with Crippen molar-refractivity contribution in [2.75, 3.05) is 21.3 Å². The molecule has 1 aromatic carbocycles. The van der Waals surface area contributed by atoms with E-state index in [1.54, 1.807) is 14.2 Å². The van der Waals surface area contributed by atoms with Crippen LogP contribution in [0.4, 0.5) is 0 Å². The standard InChI is InChI=1S/C13H18O4/c1-5-9-6-11(15-2)12(16-3)7-10(9)8-13(14)17-4/h6-7H,5,8H2,1-4H3. The molecule has 4 heteroatoms. The average molecular weight is 238 g/mol. The van der Waals surface area contributed by atoms with Gasteiger partial charge in [-0.3, -0.25) is 4.79 Å². The number of hydrogen-bond donors (Lipinski definition) is 0. The Bertz CT molecular complexity index is 399. The fourth-order valence-electron chi connectivity index (χ4n) is 1.68. The van der Waals surface area contributed by atoms with Gasteiger partial charge in [-0.25, -0.2) is 0 Å². The summed E-state index contributed by atoms with van der Waals surface area (Å²) in [4.78, 5) is 11.3. The molecule has 94 valence electrons. The molecule has 17 heavy (non-hydrogen) atoms. The minimum absolute atomic E-state index is 0.250. The Morgan fingerprint density at radius 3 is 2.00 bits per heavy atom. The molecule has 0 radical (unpaired) electrons. The van der Waals surface area contributed by atoms with E-state index in [2.05, 4.69) is 4.74 Å². The molecule has 4 nitrogen and oxygen atoms in total. The first-order valence-electron chi connectivity index (χ1n) is 5.46. The molecule has 0 saturated heterocycles. The van der Waals surface area contributed by atoms with Gasteiger partial charge in [0, 0.05) is 0 Å². The highest BCUT2D eigenvalue weighted by atomic mass is 16.5. The highest BCUT2D eigenvalue weighted by molar-refractivity contribution is 5.73. The van der Waals surface area contributed by atoms with Gasteiger partial charge in [-0.2, -0.15) is 0 Å². The van der Waals surface area contributed by atoms with Gasteiger partial charge in [-0.15, -0.1) is 0 Å². The minimum atomic E-state index is -0.257.